The summed E-state index contributed by atoms with van der Waals surface area (Å²) in [5.74, 6) is 1.13. The molecular formula is C9H9ClN2OS. The van der Waals surface area contributed by atoms with Crippen LogP contribution in [0.25, 0.3) is 10.6 Å². The predicted octanol–water partition coefficient (Wildman–Crippen LogP) is 3.15. The topological polar surface area (TPSA) is 38.9 Å². The van der Waals surface area contributed by atoms with Crippen molar-refractivity contribution in [2.75, 3.05) is 0 Å². The molecule has 2 rings (SSSR count). The van der Waals surface area contributed by atoms with Gasteiger partial charge in [-0.25, -0.2) is 4.98 Å². The molecule has 5 heteroatoms. The van der Waals surface area contributed by atoms with E-state index in [4.69, 9.17) is 16.1 Å². The van der Waals surface area contributed by atoms with E-state index in [9.17, 15) is 0 Å². The Labute approximate surface area is 90.7 Å². The van der Waals surface area contributed by atoms with Gasteiger partial charge in [0.15, 0.2) is 5.76 Å². The number of aryl methyl sites for hydroxylation is 2. The highest BCUT2D eigenvalue weighted by Crippen LogP contribution is 2.30. The first-order valence-corrected chi connectivity index (χ1v) is 5.51. The average molecular weight is 229 g/mol. The molecule has 0 amide bonds. The Kier molecular flexibility index (Phi) is 2.56. The zero-order valence-electron chi connectivity index (χ0n) is 7.87. The monoisotopic (exact) mass is 228 g/mol. The molecule has 2 heterocycles. The lowest BCUT2D eigenvalue weighted by molar-refractivity contribution is 0.427. The molecule has 0 aliphatic heterocycles. The quantitative estimate of drug-likeness (QED) is 0.742. The van der Waals surface area contributed by atoms with Crippen LogP contribution in [0, 0.1) is 13.8 Å². The molecule has 0 saturated heterocycles. The molecule has 0 aliphatic rings. The number of alkyl halides is 1. The van der Waals surface area contributed by atoms with Gasteiger partial charge in [-0.05, 0) is 13.8 Å². The minimum Gasteiger partial charge on any atom is -0.355 e. The van der Waals surface area contributed by atoms with Gasteiger partial charge in [0.1, 0.15) is 0 Å². The van der Waals surface area contributed by atoms with E-state index in [-0.39, 0.29) is 0 Å². The first-order chi connectivity index (χ1) is 6.70. The van der Waals surface area contributed by atoms with E-state index in [0.29, 0.717) is 5.88 Å². The molecule has 0 radical (unpaired) electrons. The molecule has 0 aromatic carbocycles. The normalized spacial score (nSPS) is 10.8. The van der Waals surface area contributed by atoms with E-state index in [1.165, 1.54) is 0 Å². The van der Waals surface area contributed by atoms with Gasteiger partial charge in [0.2, 0.25) is 0 Å². The maximum atomic E-state index is 5.64. The van der Waals surface area contributed by atoms with Crippen LogP contribution in [-0.2, 0) is 5.88 Å². The van der Waals surface area contributed by atoms with Gasteiger partial charge in [-0.1, -0.05) is 5.16 Å². The SMILES string of the molecule is Cc1nc(C)c(-c2cc(CCl)no2)s1. The van der Waals surface area contributed by atoms with E-state index >= 15 is 0 Å². The molecule has 0 spiro atoms. The molecule has 0 fully saturated rings. The van der Waals surface area contributed by atoms with Crippen LogP contribution < -0.4 is 0 Å². The van der Waals surface area contributed by atoms with E-state index in [2.05, 4.69) is 10.1 Å². The molecular weight excluding hydrogens is 220 g/mol. The lowest BCUT2D eigenvalue weighted by Gasteiger charge is -1.87. The maximum Gasteiger partial charge on any atom is 0.179 e. The van der Waals surface area contributed by atoms with Crippen molar-refractivity contribution >= 4 is 22.9 Å². The summed E-state index contributed by atoms with van der Waals surface area (Å²) in [4.78, 5) is 5.35. The second kappa shape index (κ2) is 3.71. The Morgan fingerprint density at radius 2 is 2.29 bits per heavy atom. The largest absolute Gasteiger partial charge is 0.355 e. The molecule has 14 heavy (non-hydrogen) atoms. The Hall–Kier alpha value is -0.870. The summed E-state index contributed by atoms with van der Waals surface area (Å²) < 4.78 is 5.17. The fourth-order valence-corrected chi connectivity index (χ4v) is 2.24. The van der Waals surface area contributed by atoms with E-state index in [0.717, 1.165) is 27.0 Å². The van der Waals surface area contributed by atoms with E-state index in [1.807, 2.05) is 19.9 Å². The number of thiazole rings is 1. The van der Waals surface area contributed by atoms with Crippen LogP contribution in [0.3, 0.4) is 0 Å². The van der Waals surface area contributed by atoms with Crippen molar-refractivity contribution in [2.24, 2.45) is 0 Å². The number of hydrogen-bond acceptors (Lipinski definition) is 4. The fraction of sp³-hybridized carbons (Fsp3) is 0.333. The average Bonchev–Trinajstić information content (AvgIpc) is 2.71. The summed E-state index contributed by atoms with van der Waals surface area (Å²) in [6.45, 7) is 3.93. The minimum atomic E-state index is 0.375. The Morgan fingerprint density at radius 1 is 1.50 bits per heavy atom. The summed E-state index contributed by atoms with van der Waals surface area (Å²) in [5, 5.41) is 4.86. The molecule has 0 aliphatic carbocycles. The second-order valence-electron chi connectivity index (χ2n) is 2.96. The van der Waals surface area contributed by atoms with Crippen molar-refractivity contribution in [2.45, 2.75) is 19.7 Å². The van der Waals surface area contributed by atoms with Crippen LogP contribution in [0.1, 0.15) is 16.4 Å². The number of halogens is 1. The smallest absolute Gasteiger partial charge is 0.179 e. The van der Waals surface area contributed by atoms with Gasteiger partial charge in [-0.15, -0.1) is 22.9 Å². The van der Waals surface area contributed by atoms with Crippen molar-refractivity contribution in [3.05, 3.63) is 22.5 Å². The molecule has 0 bridgehead atoms. The van der Waals surface area contributed by atoms with Crippen molar-refractivity contribution in [1.82, 2.24) is 10.1 Å². The van der Waals surface area contributed by atoms with Gasteiger partial charge in [-0.3, -0.25) is 0 Å². The number of rotatable bonds is 2. The van der Waals surface area contributed by atoms with Crippen molar-refractivity contribution in [1.29, 1.82) is 0 Å². The molecule has 2 aromatic heterocycles. The molecule has 0 atom stereocenters. The predicted molar refractivity (Wildman–Crippen MR) is 56.6 cm³/mol. The van der Waals surface area contributed by atoms with E-state index < -0.39 is 0 Å². The molecule has 3 nitrogen and oxygen atoms in total. The van der Waals surface area contributed by atoms with Crippen LogP contribution >= 0.6 is 22.9 Å². The van der Waals surface area contributed by atoms with Gasteiger partial charge >= 0.3 is 0 Å². The Morgan fingerprint density at radius 3 is 2.79 bits per heavy atom. The molecule has 0 N–H and O–H groups in total. The number of aromatic nitrogens is 2. The third-order valence-corrected chi connectivity index (χ3v) is 3.18. The Bertz CT molecular complexity index is 449. The highest BCUT2D eigenvalue weighted by atomic mass is 35.5. The summed E-state index contributed by atoms with van der Waals surface area (Å²) in [6, 6.07) is 1.85. The molecule has 0 unspecified atom stereocenters. The van der Waals surface area contributed by atoms with Gasteiger partial charge in [0, 0.05) is 6.07 Å². The first kappa shape index (κ1) is 9.68. The van der Waals surface area contributed by atoms with Gasteiger partial charge < -0.3 is 4.52 Å². The van der Waals surface area contributed by atoms with Gasteiger partial charge in [-0.2, -0.15) is 0 Å². The fourth-order valence-electron chi connectivity index (χ4n) is 1.24. The second-order valence-corrected chi connectivity index (χ2v) is 4.43. The Balaban J connectivity index is 2.43. The lowest BCUT2D eigenvalue weighted by Crippen LogP contribution is -1.74. The summed E-state index contributed by atoms with van der Waals surface area (Å²) in [7, 11) is 0. The maximum absolute atomic E-state index is 5.64. The third-order valence-electron chi connectivity index (χ3n) is 1.82. The first-order valence-electron chi connectivity index (χ1n) is 4.16. The van der Waals surface area contributed by atoms with Crippen molar-refractivity contribution < 1.29 is 4.52 Å². The zero-order valence-corrected chi connectivity index (χ0v) is 9.45. The zero-order chi connectivity index (χ0) is 10.1. The van der Waals surface area contributed by atoms with Crippen molar-refractivity contribution in [3.63, 3.8) is 0 Å². The van der Waals surface area contributed by atoms with Crippen molar-refractivity contribution in [3.8, 4) is 10.6 Å². The standard InChI is InChI=1S/C9H9ClN2OS/c1-5-9(14-6(2)11-5)8-3-7(4-10)12-13-8/h3H,4H2,1-2H3. The number of hydrogen-bond donors (Lipinski definition) is 0. The van der Waals surface area contributed by atoms with Crippen LogP contribution in [-0.4, -0.2) is 10.1 Å². The minimum absolute atomic E-state index is 0.375. The van der Waals surface area contributed by atoms with Crippen LogP contribution in [0.5, 0.6) is 0 Å². The van der Waals surface area contributed by atoms with Crippen LogP contribution in [0.2, 0.25) is 0 Å². The summed E-state index contributed by atoms with van der Waals surface area (Å²) in [5.41, 5.74) is 1.73. The van der Waals surface area contributed by atoms with Gasteiger partial charge in [0.25, 0.3) is 0 Å². The van der Waals surface area contributed by atoms with Gasteiger partial charge in [0.05, 0.1) is 27.2 Å². The molecule has 0 saturated carbocycles. The molecule has 74 valence electrons. The highest BCUT2D eigenvalue weighted by molar-refractivity contribution is 7.15. The van der Waals surface area contributed by atoms with Crippen LogP contribution in [0.15, 0.2) is 10.6 Å². The summed E-state index contributed by atoms with van der Waals surface area (Å²) in [6.07, 6.45) is 0. The number of nitrogens with zero attached hydrogens (tertiary/aromatic N) is 2. The summed E-state index contributed by atoms with van der Waals surface area (Å²) >= 11 is 7.24. The third kappa shape index (κ3) is 1.67. The van der Waals surface area contributed by atoms with Crippen LogP contribution in [0.4, 0.5) is 0 Å². The molecule has 2 aromatic rings. The highest BCUT2D eigenvalue weighted by Gasteiger charge is 2.12. The lowest BCUT2D eigenvalue weighted by atomic mass is 10.3. The van der Waals surface area contributed by atoms with E-state index in [1.54, 1.807) is 11.3 Å².